The number of carboxylic acids is 1. The molecule has 0 saturated carbocycles. The van der Waals surface area contributed by atoms with Crippen molar-refractivity contribution in [3.8, 4) is 5.69 Å². The summed E-state index contributed by atoms with van der Waals surface area (Å²) in [7, 11) is 0. The van der Waals surface area contributed by atoms with Gasteiger partial charge in [-0.3, -0.25) is 4.79 Å². The molecule has 2 aromatic carbocycles. The number of carboxylic acid groups (broad SMARTS) is 1. The maximum atomic E-state index is 12.7. The summed E-state index contributed by atoms with van der Waals surface area (Å²) in [6.07, 6.45) is 0.836. The first-order valence-electron chi connectivity index (χ1n) is 8.94. The summed E-state index contributed by atoms with van der Waals surface area (Å²) in [4.78, 5) is 26.2. The van der Waals surface area contributed by atoms with Crippen molar-refractivity contribution in [1.29, 1.82) is 0 Å². The molecule has 0 aliphatic carbocycles. The number of carbonyl (C=O) groups is 2. The number of amides is 1. The fourth-order valence-electron chi connectivity index (χ4n) is 3.48. The van der Waals surface area contributed by atoms with Gasteiger partial charge in [0.25, 0.3) is 0 Å². The Morgan fingerprint density at radius 3 is 2.46 bits per heavy atom. The average molecular weight is 396 g/mol. The molecule has 0 saturated heterocycles. The van der Waals surface area contributed by atoms with Crippen LogP contribution in [0, 0.1) is 0 Å². The lowest BCUT2D eigenvalue weighted by atomic mass is 10.0. The van der Waals surface area contributed by atoms with Crippen molar-refractivity contribution in [2.45, 2.75) is 19.4 Å². The Labute approximate surface area is 167 Å². The molecular formula is C21H18ClN3O3. The highest BCUT2D eigenvalue weighted by atomic mass is 35.5. The van der Waals surface area contributed by atoms with Crippen molar-refractivity contribution in [2.24, 2.45) is 0 Å². The molecule has 1 amide bonds. The van der Waals surface area contributed by atoms with E-state index in [1.54, 1.807) is 33.8 Å². The monoisotopic (exact) mass is 395 g/mol. The molecule has 0 fully saturated rings. The van der Waals surface area contributed by atoms with Crippen LogP contribution in [0.25, 0.3) is 5.69 Å². The molecule has 1 aliphatic heterocycles. The molecule has 0 bridgehead atoms. The number of hydrogen-bond acceptors (Lipinski definition) is 3. The first-order valence-corrected chi connectivity index (χ1v) is 9.32. The lowest BCUT2D eigenvalue weighted by Crippen LogP contribution is -2.37. The molecule has 3 aromatic rings. The van der Waals surface area contributed by atoms with Crippen LogP contribution in [-0.2, 0) is 24.2 Å². The van der Waals surface area contributed by atoms with Crippen molar-refractivity contribution in [3.63, 3.8) is 0 Å². The second kappa shape index (κ2) is 7.48. The van der Waals surface area contributed by atoms with Gasteiger partial charge in [-0.1, -0.05) is 41.9 Å². The summed E-state index contributed by atoms with van der Waals surface area (Å²) >= 11 is 5.95. The zero-order chi connectivity index (χ0) is 19.7. The Hall–Kier alpha value is -3.12. The van der Waals surface area contributed by atoms with E-state index in [0.717, 1.165) is 16.9 Å². The number of aromatic nitrogens is 2. The second-order valence-electron chi connectivity index (χ2n) is 6.69. The Morgan fingerprint density at radius 2 is 1.79 bits per heavy atom. The molecule has 6 nitrogen and oxygen atoms in total. The van der Waals surface area contributed by atoms with Crippen LogP contribution >= 0.6 is 11.6 Å². The van der Waals surface area contributed by atoms with Crippen LogP contribution in [0.1, 0.15) is 27.3 Å². The molecule has 142 valence electrons. The van der Waals surface area contributed by atoms with E-state index in [9.17, 15) is 14.7 Å². The smallest absolute Gasteiger partial charge is 0.356 e. The van der Waals surface area contributed by atoms with Crippen LogP contribution in [-0.4, -0.2) is 38.2 Å². The lowest BCUT2D eigenvalue weighted by molar-refractivity contribution is -0.131. The Kier molecular flexibility index (Phi) is 4.88. The number of carbonyl (C=O) groups excluding carboxylic acids is 1. The number of fused-ring (bicyclic) bond motifs is 1. The summed E-state index contributed by atoms with van der Waals surface area (Å²) in [5.74, 6) is -1.12. The molecule has 0 radical (unpaired) electrons. The van der Waals surface area contributed by atoms with E-state index in [1.807, 2.05) is 30.3 Å². The number of hydrogen-bond donors (Lipinski definition) is 1. The van der Waals surface area contributed by atoms with E-state index in [-0.39, 0.29) is 18.1 Å². The number of nitrogens with zero attached hydrogens (tertiary/aromatic N) is 3. The van der Waals surface area contributed by atoms with Gasteiger partial charge in [-0.05, 0) is 29.8 Å². The summed E-state index contributed by atoms with van der Waals surface area (Å²) in [5, 5.41) is 14.5. The lowest BCUT2D eigenvalue weighted by Gasteiger charge is -2.28. The standard InChI is InChI=1S/C21H18ClN3O3/c22-15-6-8-16(9-7-15)25-18-10-11-24(13-17(18)20(23-25)21(27)28)19(26)12-14-4-2-1-3-5-14/h1-9H,10-13H2,(H,27,28). The molecule has 0 atom stereocenters. The predicted octanol–water partition coefficient (Wildman–Crippen LogP) is 3.35. The maximum absolute atomic E-state index is 12.7. The Morgan fingerprint density at radius 1 is 1.07 bits per heavy atom. The van der Waals surface area contributed by atoms with Crippen molar-refractivity contribution in [2.75, 3.05) is 6.54 Å². The minimum absolute atomic E-state index is 0.0119. The van der Waals surface area contributed by atoms with E-state index in [0.29, 0.717) is 30.0 Å². The van der Waals surface area contributed by atoms with Gasteiger partial charge in [-0.15, -0.1) is 0 Å². The van der Waals surface area contributed by atoms with E-state index >= 15 is 0 Å². The zero-order valence-electron chi connectivity index (χ0n) is 15.0. The molecule has 1 N–H and O–H groups in total. The maximum Gasteiger partial charge on any atom is 0.356 e. The predicted molar refractivity (Wildman–Crippen MR) is 105 cm³/mol. The highest BCUT2D eigenvalue weighted by Gasteiger charge is 2.30. The average Bonchev–Trinajstić information content (AvgIpc) is 3.08. The number of halogens is 1. The second-order valence-corrected chi connectivity index (χ2v) is 7.13. The summed E-state index contributed by atoms with van der Waals surface area (Å²) in [5.41, 5.74) is 3.09. The first-order chi connectivity index (χ1) is 13.5. The summed E-state index contributed by atoms with van der Waals surface area (Å²) in [6.45, 7) is 0.771. The third-order valence-electron chi connectivity index (χ3n) is 4.88. The fourth-order valence-corrected chi connectivity index (χ4v) is 3.61. The van der Waals surface area contributed by atoms with E-state index in [4.69, 9.17) is 11.6 Å². The Bertz CT molecular complexity index is 1030. The third-order valence-corrected chi connectivity index (χ3v) is 5.13. The van der Waals surface area contributed by atoms with Gasteiger partial charge < -0.3 is 10.0 Å². The number of rotatable bonds is 4. The SMILES string of the molecule is O=C(O)c1nn(-c2ccc(Cl)cc2)c2c1CN(C(=O)Cc1ccccc1)CC2. The fraction of sp³-hybridized carbons (Fsp3) is 0.190. The van der Waals surface area contributed by atoms with Gasteiger partial charge in [0.05, 0.1) is 17.8 Å². The topological polar surface area (TPSA) is 75.4 Å². The van der Waals surface area contributed by atoms with E-state index in [1.165, 1.54) is 0 Å². The van der Waals surface area contributed by atoms with Crippen LogP contribution in [0.3, 0.4) is 0 Å². The Balaban J connectivity index is 1.63. The molecule has 0 unspecified atom stereocenters. The summed E-state index contributed by atoms with van der Waals surface area (Å²) < 4.78 is 1.65. The molecular weight excluding hydrogens is 378 g/mol. The number of aromatic carboxylic acids is 1. The zero-order valence-corrected chi connectivity index (χ0v) is 15.8. The van der Waals surface area contributed by atoms with E-state index in [2.05, 4.69) is 5.10 Å². The molecule has 0 spiro atoms. The van der Waals surface area contributed by atoms with Gasteiger partial charge in [0.2, 0.25) is 5.91 Å². The normalized spacial score (nSPS) is 13.2. The van der Waals surface area contributed by atoms with Crippen LogP contribution < -0.4 is 0 Å². The molecule has 4 rings (SSSR count). The molecule has 2 heterocycles. The van der Waals surface area contributed by atoms with Gasteiger partial charge in [-0.25, -0.2) is 9.48 Å². The third kappa shape index (κ3) is 3.51. The van der Waals surface area contributed by atoms with Crippen molar-refractivity contribution in [1.82, 2.24) is 14.7 Å². The van der Waals surface area contributed by atoms with E-state index < -0.39 is 5.97 Å². The van der Waals surface area contributed by atoms with Crippen LogP contribution in [0.4, 0.5) is 0 Å². The van der Waals surface area contributed by atoms with Gasteiger partial charge in [0.1, 0.15) is 0 Å². The van der Waals surface area contributed by atoms with Crippen molar-refractivity contribution >= 4 is 23.5 Å². The van der Waals surface area contributed by atoms with Crippen LogP contribution in [0.2, 0.25) is 5.02 Å². The summed E-state index contributed by atoms with van der Waals surface area (Å²) in [6, 6.07) is 16.6. The van der Waals surface area contributed by atoms with Gasteiger partial charge in [-0.2, -0.15) is 5.10 Å². The molecule has 7 heteroatoms. The van der Waals surface area contributed by atoms with Crippen LogP contribution in [0.15, 0.2) is 54.6 Å². The van der Waals surface area contributed by atoms with Gasteiger partial charge in [0, 0.05) is 30.1 Å². The quantitative estimate of drug-likeness (QED) is 0.735. The molecule has 1 aromatic heterocycles. The van der Waals surface area contributed by atoms with Crippen molar-refractivity contribution < 1.29 is 14.7 Å². The minimum atomic E-state index is -1.10. The van der Waals surface area contributed by atoms with Gasteiger partial charge >= 0.3 is 5.97 Å². The minimum Gasteiger partial charge on any atom is -0.476 e. The van der Waals surface area contributed by atoms with Crippen molar-refractivity contribution in [3.05, 3.63) is 82.1 Å². The number of benzene rings is 2. The molecule has 1 aliphatic rings. The first kappa shape index (κ1) is 18.3. The highest BCUT2D eigenvalue weighted by molar-refractivity contribution is 6.30. The highest BCUT2D eigenvalue weighted by Crippen LogP contribution is 2.26. The van der Waals surface area contributed by atoms with Gasteiger partial charge in [0.15, 0.2) is 5.69 Å². The largest absolute Gasteiger partial charge is 0.476 e. The molecule has 28 heavy (non-hydrogen) atoms. The van der Waals surface area contributed by atoms with Crippen LogP contribution in [0.5, 0.6) is 0 Å².